The van der Waals surface area contributed by atoms with Gasteiger partial charge in [0.05, 0.1) is 28.9 Å². The van der Waals surface area contributed by atoms with Gasteiger partial charge in [0.15, 0.2) is 0 Å². The summed E-state index contributed by atoms with van der Waals surface area (Å²) in [5, 5.41) is 15.7. The first-order chi connectivity index (χ1) is 13.6. The fraction of sp³-hybridized carbons (Fsp3) is 0.348. The zero-order valence-electron chi connectivity index (χ0n) is 15.5. The first kappa shape index (κ1) is 17.1. The van der Waals surface area contributed by atoms with Gasteiger partial charge in [-0.25, -0.2) is 9.07 Å². The predicted octanol–water partition coefficient (Wildman–Crippen LogP) is 4.63. The zero-order valence-corrected chi connectivity index (χ0v) is 15.5. The zero-order chi connectivity index (χ0) is 19.3. The molecule has 2 aliphatic rings. The SMILES string of the molecule is N#C[C@@]12CCC(=O)C[C@H]1CCCc1cc3c(cnn3-c3ccc(F)cc3)cc12. The van der Waals surface area contributed by atoms with Gasteiger partial charge in [0, 0.05) is 18.2 Å². The summed E-state index contributed by atoms with van der Waals surface area (Å²) in [5.41, 5.74) is 3.45. The number of Topliss-reactive ketones (excluding diaryl/α,β-unsaturated/α-hetero) is 1. The Morgan fingerprint density at radius 3 is 2.82 bits per heavy atom. The number of fused-ring (bicyclic) bond motifs is 4. The first-order valence-electron chi connectivity index (χ1n) is 9.81. The van der Waals surface area contributed by atoms with Gasteiger partial charge >= 0.3 is 0 Å². The summed E-state index contributed by atoms with van der Waals surface area (Å²) in [4.78, 5) is 12.0. The average Bonchev–Trinajstić information content (AvgIpc) is 3.04. The maximum atomic E-state index is 13.3. The fourth-order valence-electron chi connectivity index (χ4n) is 5.07. The van der Waals surface area contributed by atoms with E-state index in [4.69, 9.17) is 0 Å². The molecular weight excluding hydrogens is 353 g/mol. The van der Waals surface area contributed by atoms with E-state index >= 15 is 0 Å². The molecule has 2 aliphatic carbocycles. The molecule has 2 aromatic carbocycles. The monoisotopic (exact) mass is 373 g/mol. The standard InChI is InChI=1S/C23H20FN3O/c24-18-4-6-19(7-5-18)27-22-11-15-2-1-3-17-12-20(28)8-9-23(17,14-25)21(15)10-16(22)13-26-27/h4-7,10-11,13,17H,1-3,8-9,12H2/t17-,23+/m1/s1. The number of aromatic nitrogens is 2. The van der Waals surface area contributed by atoms with E-state index in [0.29, 0.717) is 19.3 Å². The Bertz CT molecular complexity index is 1130. The highest BCUT2D eigenvalue weighted by molar-refractivity contribution is 5.84. The molecule has 1 aromatic heterocycles. The van der Waals surface area contributed by atoms with Crippen molar-refractivity contribution in [2.24, 2.45) is 5.92 Å². The molecule has 0 saturated heterocycles. The van der Waals surface area contributed by atoms with Crippen LogP contribution in [-0.2, 0) is 16.6 Å². The number of nitriles is 1. The molecule has 5 rings (SSSR count). The lowest BCUT2D eigenvalue weighted by Gasteiger charge is -2.38. The number of hydrogen-bond donors (Lipinski definition) is 0. The molecule has 0 spiro atoms. The van der Waals surface area contributed by atoms with Gasteiger partial charge in [-0.1, -0.05) is 0 Å². The Balaban J connectivity index is 1.69. The number of halogens is 1. The number of nitrogens with zero attached hydrogens (tertiary/aromatic N) is 3. The van der Waals surface area contributed by atoms with Crippen LogP contribution in [0.3, 0.4) is 0 Å². The van der Waals surface area contributed by atoms with Gasteiger partial charge in [-0.2, -0.15) is 10.4 Å². The third-order valence-electron chi connectivity index (χ3n) is 6.51. The Morgan fingerprint density at radius 1 is 1.21 bits per heavy atom. The number of benzene rings is 2. The molecule has 1 heterocycles. The van der Waals surface area contributed by atoms with Gasteiger partial charge in [0.1, 0.15) is 11.6 Å². The van der Waals surface area contributed by atoms with Crippen molar-refractivity contribution in [2.45, 2.75) is 43.9 Å². The van der Waals surface area contributed by atoms with Crippen LogP contribution in [0.25, 0.3) is 16.6 Å². The van der Waals surface area contributed by atoms with Crippen LogP contribution in [0.15, 0.2) is 42.6 Å². The smallest absolute Gasteiger partial charge is 0.133 e. The van der Waals surface area contributed by atoms with Crippen molar-refractivity contribution in [3.05, 3.63) is 59.5 Å². The lowest BCUT2D eigenvalue weighted by molar-refractivity contribution is -0.122. The van der Waals surface area contributed by atoms with Crippen molar-refractivity contribution in [2.75, 3.05) is 0 Å². The number of ketones is 1. The summed E-state index contributed by atoms with van der Waals surface area (Å²) in [7, 11) is 0. The van der Waals surface area contributed by atoms with Crippen LogP contribution in [0.1, 0.15) is 43.2 Å². The van der Waals surface area contributed by atoms with Gasteiger partial charge < -0.3 is 0 Å². The summed E-state index contributed by atoms with van der Waals surface area (Å²) in [6.45, 7) is 0. The van der Waals surface area contributed by atoms with E-state index in [9.17, 15) is 14.4 Å². The quantitative estimate of drug-likeness (QED) is 0.625. The highest BCUT2D eigenvalue weighted by Crippen LogP contribution is 2.48. The van der Waals surface area contributed by atoms with E-state index < -0.39 is 5.41 Å². The minimum Gasteiger partial charge on any atom is -0.300 e. The number of aryl methyl sites for hydroxylation is 1. The topological polar surface area (TPSA) is 58.7 Å². The molecule has 2 atom stereocenters. The first-order valence-corrected chi connectivity index (χ1v) is 9.81. The number of rotatable bonds is 1. The molecule has 5 heteroatoms. The molecule has 4 nitrogen and oxygen atoms in total. The van der Waals surface area contributed by atoms with E-state index in [0.717, 1.165) is 41.4 Å². The van der Waals surface area contributed by atoms with Crippen LogP contribution in [0.4, 0.5) is 4.39 Å². The normalized spacial score (nSPS) is 24.3. The Labute approximate surface area is 162 Å². The summed E-state index contributed by atoms with van der Waals surface area (Å²) < 4.78 is 15.1. The van der Waals surface area contributed by atoms with Crippen LogP contribution in [0, 0.1) is 23.1 Å². The minimum absolute atomic E-state index is 0.101. The highest BCUT2D eigenvalue weighted by atomic mass is 19.1. The molecule has 1 fully saturated rings. The summed E-state index contributed by atoms with van der Waals surface area (Å²) >= 11 is 0. The van der Waals surface area contributed by atoms with E-state index in [-0.39, 0.29) is 17.5 Å². The molecule has 0 aliphatic heterocycles. The summed E-state index contributed by atoms with van der Waals surface area (Å²) in [6, 6.07) is 13.2. The second kappa shape index (κ2) is 6.27. The van der Waals surface area contributed by atoms with Crippen LogP contribution in [-0.4, -0.2) is 15.6 Å². The molecule has 3 aromatic rings. The summed E-state index contributed by atoms with van der Waals surface area (Å²) in [6.07, 6.45) is 6.19. The third-order valence-corrected chi connectivity index (χ3v) is 6.51. The van der Waals surface area contributed by atoms with Gasteiger partial charge in [0.2, 0.25) is 0 Å². The van der Waals surface area contributed by atoms with Crippen LogP contribution in [0.2, 0.25) is 0 Å². The molecule has 0 bridgehead atoms. The van der Waals surface area contributed by atoms with Crippen molar-refractivity contribution in [3.8, 4) is 11.8 Å². The number of carbonyl (C=O) groups excluding carboxylic acids is 1. The molecule has 0 radical (unpaired) electrons. The van der Waals surface area contributed by atoms with Crippen molar-refractivity contribution in [1.82, 2.24) is 9.78 Å². The van der Waals surface area contributed by atoms with Gasteiger partial charge in [-0.15, -0.1) is 0 Å². The predicted molar refractivity (Wildman–Crippen MR) is 104 cm³/mol. The molecular formula is C23H20FN3O. The van der Waals surface area contributed by atoms with Crippen LogP contribution < -0.4 is 0 Å². The van der Waals surface area contributed by atoms with E-state index in [2.05, 4.69) is 23.3 Å². The second-order valence-corrected chi connectivity index (χ2v) is 8.02. The number of carbonyl (C=O) groups is 1. The maximum absolute atomic E-state index is 13.3. The molecule has 1 saturated carbocycles. The van der Waals surface area contributed by atoms with E-state index in [1.165, 1.54) is 17.7 Å². The molecule has 28 heavy (non-hydrogen) atoms. The van der Waals surface area contributed by atoms with Crippen molar-refractivity contribution < 1.29 is 9.18 Å². The second-order valence-electron chi connectivity index (χ2n) is 8.02. The van der Waals surface area contributed by atoms with Crippen LogP contribution in [0.5, 0.6) is 0 Å². The van der Waals surface area contributed by atoms with Gasteiger partial charge in [0.25, 0.3) is 0 Å². The lowest BCUT2D eigenvalue weighted by atomic mass is 9.62. The summed E-state index contributed by atoms with van der Waals surface area (Å²) in [5.74, 6) is 0.108. The molecule has 140 valence electrons. The maximum Gasteiger partial charge on any atom is 0.133 e. The van der Waals surface area contributed by atoms with E-state index in [1.54, 1.807) is 18.3 Å². The average molecular weight is 373 g/mol. The Hall–Kier alpha value is -3.00. The Kier molecular flexibility index (Phi) is 3.83. The van der Waals surface area contributed by atoms with Crippen molar-refractivity contribution in [3.63, 3.8) is 0 Å². The highest BCUT2D eigenvalue weighted by Gasteiger charge is 2.47. The van der Waals surface area contributed by atoms with Gasteiger partial charge in [-0.05, 0) is 79.1 Å². The largest absolute Gasteiger partial charge is 0.300 e. The van der Waals surface area contributed by atoms with Crippen molar-refractivity contribution >= 4 is 16.7 Å². The third kappa shape index (κ3) is 2.48. The lowest BCUT2D eigenvalue weighted by Crippen LogP contribution is -2.39. The molecule has 0 unspecified atom stereocenters. The Morgan fingerprint density at radius 2 is 2.04 bits per heavy atom. The number of hydrogen-bond acceptors (Lipinski definition) is 3. The van der Waals surface area contributed by atoms with Crippen LogP contribution >= 0.6 is 0 Å². The van der Waals surface area contributed by atoms with E-state index in [1.807, 2.05) is 4.68 Å². The minimum atomic E-state index is -0.577. The molecule has 0 N–H and O–H groups in total. The molecule has 0 amide bonds. The van der Waals surface area contributed by atoms with Gasteiger partial charge in [-0.3, -0.25) is 4.79 Å². The van der Waals surface area contributed by atoms with Crippen molar-refractivity contribution in [1.29, 1.82) is 5.26 Å². The fourth-order valence-corrected chi connectivity index (χ4v) is 5.07.